The Kier molecular flexibility index (Phi) is 4.30. The lowest BCUT2D eigenvalue weighted by Gasteiger charge is -2.19. The number of aromatic nitrogens is 2. The molecule has 3 heteroatoms. The quantitative estimate of drug-likeness (QED) is 0.775. The van der Waals surface area contributed by atoms with Gasteiger partial charge in [-0.2, -0.15) is 5.10 Å². The van der Waals surface area contributed by atoms with Crippen molar-refractivity contribution in [3.05, 3.63) is 30.1 Å². The van der Waals surface area contributed by atoms with Crippen molar-refractivity contribution in [2.75, 3.05) is 0 Å². The van der Waals surface area contributed by atoms with Gasteiger partial charge in [0.25, 0.3) is 0 Å². The molecule has 0 amide bonds. The maximum atomic E-state index is 4.50. The fourth-order valence-electron chi connectivity index (χ4n) is 1.28. The van der Waals surface area contributed by atoms with Crippen molar-refractivity contribution in [1.82, 2.24) is 15.1 Å². The van der Waals surface area contributed by atoms with Gasteiger partial charge in [-0.05, 0) is 40.2 Å². The summed E-state index contributed by atoms with van der Waals surface area (Å²) in [6.07, 6.45) is 3.02. The summed E-state index contributed by atoms with van der Waals surface area (Å²) in [6, 6.07) is 2.07. The first kappa shape index (κ1) is 13.0. The van der Waals surface area contributed by atoms with Crippen LogP contribution in [-0.4, -0.2) is 15.3 Å². The molecule has 1 aromatic rings. The first-order chi connectivity index (χ1) is 7.37. The summed E-state index contributed by atoms with van der Waals surface area (Å²) in [7, 11) is 0. The van der Waals surface area contributed by atoms with Crippen molar-refractivity contribution in [3.63, 3.8) is 0 Å². The Labute approximate surface area is 98.5 Å². The van der Waals surface area contributed by atoms with Gasteiger partial charge < -0.3 is 5.32 Å². The van der Waals surface area contributed by atoms with E-state index in [4.69, 9.17) is 0 Å². The lowest BCUT2D eigenvalue weighted by molar-refractivity contribution is 0.419. The van der Waals surface area contributed by atoms with Crippen molar-refractivity contribution in [2.45, 2.75) is 52.7 Å². The van der Waals surface area contributed by atoms with E-state index >= 15 is 0 Å². The summed E-state index contributed by atoms with van der Waals surface area (Å²) < 4.78 is 1.98. The molecule has 0 saturated carbocycles. The number of nitrogens with one attached hydrogen (secondary N) is 1. The predicted octanol–water partition coefficient (Wildman–Crippen LogP) is 2.74. The molecular weight excluding hydrogens is 198 g/mol. The molecule has 0 spiro atoms. The van der Waals surface area contributed by atoms with Crippen LogP contribution < -0.4 is 5.32 Å². The van der Waals surface area contributed by atoms with Gasteiger partial charge in [-0.15, -0.1) is 6.58 Å². The van der Waals surface area contributed by atoms with Gasteiger partial charge in [0.05, 0.1) is 5.69 Å². The van der Waals surface area contributed by atoms with Crippen LogP contribution in [0.4, 0.5) is 0 Å². The van der Waals surface area contributed by atoms with Gasteiger partial charge in [-0.3, -0.25) is 4.68 Å². The zero-order valence-electron chi connectivity index (χ0n) is 10.9. The monoisotopic (exact) mass is 221 g/mol. The third kappa shape index (κ3) is 5.12. The summed E-state index contributed by atoms with van der Waals surface area (Å²) in [4.78, 5) is 0. The smallest absolute Gasteiger partial charge is 0.0762 e. The summed E-state index contributed by atoms with van der Waals surface area (Å²) in [5, 5.41) is 7.92. The van der Waals surface area contributed by atoms with Crippen LogP contribution in [0.2, 0.25) is 0 Å². The Hall–Kier alpha value is -1.09. The van der Waals surface area contributed by atoms with Gasteiger partial charge in [-0.1, -0.05) is 5.57 Å². The predicted molar refractivity (Wildman–Crippen MR) is 68.3 cm³/mol. The molecule has 1 rings (SSSR count). The van der Waals surface area contributed by atoms with E-state index in [1.54, 1.807) is 0 Å². The van der Waals surface area contributed by atoms with E-state index in [1.807, 2.05) is 17.8 Å². The molecule has 16 heavy (non-hydrogen) atoms. The van der Waals surface area contributed by atoms with E-state index in [1.165, 1.54) is 5.57 Å². The number of nitrogens with zero attached hydrogens (tertiary/aromatic N) is 2. The van der Waals surface area contributed by atoms with E-state index in [0.29, 0.717) is 0 Å². The Morgan fingerprint density at radius 3 is 2.75 bits per heavy atom. The Morgan fingerprint density at radius 2 is 2.19 bits per heavy atom. The van der Waals surface area contributed by atoms with Crippen LogP contribution in [0, 0.1) is 0 Å². The highest BCUT2D eigenvalue weighted by Crippen LogP contribution is 2.04. The van der Waals surface area contributed by atoms with Gasteiger partial charge in [-0.25, -0.2) is 0 Å². The van der Waals surface area contributed by atoms with Crippen molar-refractivity contribution < 1.29 is 0 Å². The fourth-order valence-corrected chi connectivity index (χ4v) is 1.28. The Bertz CT molecular complexity index is 344. The van der Waals surface area contributed by atoms with Crippen LogP contribution in [0.1, 0.15) is 39.8 Å². The molecule has 0 aliphatic rings. The van der Waals surface area contributed by atoms with Crippen molar-refractivity contribution >= 4 is 0 Å². The summed E-state index contributed by atoms with van der Waals surface area (Å²) in [5.41, 5.74) is 2.43. The maximum absolute atomic E-state index is 4.50. The Morgan fingerprint density at radius 1 is 1.50 bits per heavy atom. The van der Waals surface area contributed by atoms with Gasteiger partial charge in [0.15, 0.2) is 0 Å². The maximum Gasteiger partial charge on any atom is 0.0762 e. The zero-order valence-corrected chi connectivity index (χ0v) is 10.9. The second-order valence-electron chi connectivity index (χ2n) is 5.38. The number of hydrogen-bond donors (Lipinski definition) is 1. The molecule has 1 heterocycles. The van der Waals surface area contributed by atoms with E-state index < -0.39 is 0 Å². The second-order valence-corrected chi connectivity index (χ2v) is 5.38. The average Bonchev–Trinajstić information content (AvgIpc) is 2.58. The van der Waals surface area contributed by atoms with Crippen LogP contribution in [-0.2, 0) is 13.1 Å². The lowest BCUT2D eigenvalue weighted by atomic mass is 10.1. The van der Waals surface area contributed by atoms with E-state index in [2.05, 4.69) is 43.8 Å². The molecule has 0 aliphatic carbocycles. The Balaban J connectivity index is 2.42. The summed E-state index contributed by atoms with van der Waals surface area (Å²) in [6.45, 7) is 14.2. The topological polar surface area (TPSA) is 29.9 Å². The molecule has 1 N–H and O–H groups in total. The highest BCUT2D eigenvalue weighted by atomic mass is 15.3. The first-order valence-electron chi connectivity index (χ1n) is 5.78. The molecule has 0 bridgehead atoms. The van der Waals surface area contributed by atoms with Gasteiger partial charge in [0.1, 0.15) is 0 Å². The lowest BCUT2D eigenvalue weighted by Crippen LogP contribution is -2.35. The highest BCUT2D eigenvalue weighted by Gasteiger charge is 2.09. The largest absolute Gasteiger partial charge is 0.306 e. The third-order valence-electron chi connectivity index (χ3n) is 2.26. The molecule has 0 aromatic carbocycles. The molecule has 0 atom stereocenters. The van der Waals surface area contributed by atoms with Crippen LogP contribution in [0.15, 0.2) is 24.4 Å². The van der Waals surface area contributed by atoms with Crippen LogP contribution in [0.3, 0.4) is 0 Å². The summed E-state index contributed by atoms with van der Waals surface area (Å²) in [5.74, 6) is 0. The summed E-state index contributed by atoms with van der Waals surface area (Å²) >= 11 is 0. The molecule has 0 aliphatic heterocycles. The molecule has 1 aromatic heterocycles. The van der Waals surface area contributed by atoms with Crippen LogP contribution >= 0.6 is 0 Å². The van der Waals surface area contributed by atoms with Crippen molar-refractivity contribution in [2.24, 2.45) is 0 Å². The number of aryl methyl sites for hydroxylation is 1. The fraction of sp³-hybridized carbons (Fsp3) is 0.615. The van der Waals surface area contributed by atoms with Gasteiger partial charge >= 0.3 is 0 Å². The van der Waals surface area contributed by atoms with Crippen LogP contribution in [0.5, 0.6) is 0 Å². The molecule has 0 fully saturated rings. The standard InChI is InChI=1S/C13H23N3/c1-11(2)6-8-16-9-7-12(15-16)10-14-13(3,4)5/h7,9,14H,1,6,8,10H2,2-5H3. The molecule has 0 unspecified atom stereocenters. The van der Waals surface area contributed by atoms with E-state index in [-0.39, 0.29) is 5.54 Å². The first-order valence-corrected chi connectivity index (χ1v) is 5.78. The minimum Gasteiger partial charge on any atom is -0.306 e. The minimum absolute atomic E-state index is 0.140. The van der Waals surface area contributed by atoms with E-state index in [9.17, 15) is 0 Å². The normalized spacial score (nSPS) is 11.8. The minimum atomic E-state index is 0.140. The molecule has 0 radical (unpaired) electrons. The molecule has 90 valence electrons. The zero-order chi connectivity index (χ0) is 12.2. The van der Waals surface area contributed by atoms with Crippen molar-refractivity contribution in [3.8, 4) is 0 Å². The van der Waals surface area contributed by atoms with Crippen LogP contribution in [0.25, 0.3) is 0 Å². The highest BCUT2D eigenvalue weighted by molar-refractivity contribution is 4.99. The number of rotatable bonds is 5. The van der Waals surface area contributed by atoms with Gasteiger partial charge in [0, 0.05) is 24.8 Å². The number of allylic oxidation sites excluding steroid dienone is 1. The molecule has 3 nitrogen and oxygen atoms in total. The van der Waals surface area contributed by atoms with Gasteiger partial charge in [0.2, 0.25) is 0 Å². The SMILES string of the molecule is C=C(C)CCn1ccc(CNC(C)(C)C)n1. The second kappa shape index (κ2) is 5.30. The molecule has 0 saturated heterocycles. The average molecular weight is 221 g/mol. The number of hydrogen-bond acceptors (Lipinski definition) is 2. The van der Waals surface area contributed by atoms with Crippen molar-refractivity contribution in [1.29, 1.82) is 0 Å². The molecular formula is C13H23N3. The van der Waals surface area contributed by atoms with E-state index in [0.717, 1.165) is 25.2 Å². The third-order valence-corrected chi connectivity index (χ3v) is 2.26.